The molecule has 0 aromatic rings. The molecular formula is C20H24N2O4. The Kier molecular flexibility index (Phi) is 2.70. The molecule has 4 amide bonds. The minimum atomic E-state index is -0.142. The standard InChI is InChI=1S/C20H24N2O4/c1-21-17(23)13-7-3-5-9-12-10(16-15(9)19(25)22(2)20(16)26)6-4-8(11(7)12)14(13)18(21)24/h7-16H,3-6H2,1-2H3. The molecule has 6 heteroatoms. The highest BCUT2D eigenvalue weighted by Gasteiger charge is 2.72. The van der Waals surface area contributed by atoms with Crippen molar-refractivity contribution in [3.05, 3.63) is 0 Å². The number of amides is 4. The smallest absolute Gasteiger partial charge is 0.233 e. The molecule has 4 saturated carbocycles. The Bertz CT molecular complexity index is 654. The van der Waals surface area contributed by atoms with Gasteiger partial charge in [-0.15, -0.1) is 0 Å². The molecule has 6 fully saturated rings. The monoisotopic (exact) mass is 356 g/mol. The number of carbonyl (C=O) groups is 4. The summed E-state index contributed by atoms with van der Waals surface area (Å²) in [5, 5.41) is 0. The Morgan fingerprint density at radius 3 is 1.00 bits per heavy atom. The van der Waals surface area contributed by atoms with Gasteiger partial charge < -0.3 is 0 Å². The van der Waals surface area contributed by atoms with Gasteiger partial charge in [0, 0.05) is 14.1 Å². The molecule has 0 radical (unpaired) electrons. The summed E-state index contributed by atoms with van der Waals surface area (Å²) in [6.07, 6.45) is 3.71. The lowest BCUT2D eigenvalue weighted by atomic mass is 9.58. The molecule has 6 rings (SSSR count). The second-order valence-electron chi connectivity index (χ2n) is 9.54. The van der Waals surface area contributed by atoms with E-state index in [0.29, 0.717) is 11.8 Å². The summed E-state index contributed by atoms with van der Waals surface area (Å²) in [5.74, 6) is 1.31. The molecule has 0 aromatic heterocycles. The third kappa shape index (κ3) is 1.42. The topological polar surface area (TPSA) is 74.8 Å². The van der Waals surface area contributed by atoms with Crippen molar-refractivity contribution >= 4 is 23.6 Å². The van der Waals surface area contributed by atoms with Crippen molar-refractivity contribution in [2.75, 3.05) is 14.1 Å². The molecular weight excluding hydrogens is 332 g/mol. The van der Waals surface area contributed by atoms with Crippen LogP contribution in [0.25, 0.3) is 0 Å². The maximum atomic E-state index is 12.8. The number of carbonyl (C=O) groups excluding carboxylic acids is 4. The average Bonchev–Trinajstić information content (AvgIpc) is 3.28. The fourth-order valence-electron chi connectivity index (χ4n) is 8.52. The van der Waals surface area contributed by atoms with Gasteiger partial charge in [-0.05, 0) is 61.2 Å². The maximum absolute atomic E-state index is 12.8. The fourth-order valence-corrected chi connectivity index (χ4v) is 8.52. The predicted octanol–water partition coefficient (Wildman–Crippen LogP) is 0.760. The third-order valence-corrected chi connectivity index (χ3v) is 9.17. The van der Waals surface area contributed by atoms with E-state index in [1.165, 1.54) is 9.80 Å². The number of hydrogen-bond donors (Lipinski definition) is 0. The van der Waals surface area contributed by atoms with Crippen molar-refractivity contribution in [3.63, 3.8) is 0 Å². The number of hydrogen-bond acceptors (Lipinski definition) is 4. The second-order valence-corrected chi connectivity index (χ2v) is 9.54. The van der Waals surface area contributed by atoms with E-state index < -0.39 is 0 Å². The Morgan fingerprint density at radius 2 is 0.769 bits per heavy atom. The Morgan fingerprint density at radius 1 is 0.538 bits per heavy atom. The predicted molar refractivity (Wildman–Crippen MR) is 88.9 cm³/mol. The van der Waals surface area contributed by atoms with Crippen molar-refractivity contribution in [2.24, 2.45) is 59.2 Å². The zero-order valence-corrected chi connectivity index (χ0v) is 15.1. The molecule has 2 aliphatic heterocycles. The number of imide groups is 2. The SMILES string of the molecule is CN1C(=O)C2C3CCC4C5C(=O)N(C)C(=O)C5C5CCC(C2C1=O)C3C45. The fraction of sp³-hybridized carbons (Fsp3) is 0.800. The van der Waals surface area contributed by atoms with E-state index >= 15 is 0 Å². The summed E-state index contributed by atoms with van der Waals surface area (Å²) in [4.78, 5) is 53.7. The van der Waals surface area contributed by atoms with Crippen molar-refractivity contribution in [2.45, 2.75) is 25.7 Å². The molecule has 138 valence electrons. The van der Waals surface area contributed by atoms with Gasteiger partial charge in [-0.3, -0.25) is 29.0 Å². The van der Waals surface area contributed by atoms with E-state index in [1.807, 2.05) is 0 Å². The number of likely N-dealkylation sites (tertiary alicyclic amines) is 2. The first-order chi connectivity index (χ1) is 12.4. The van der Waals surface area contributed by atoms with E-state index in [-0.39, 0.29) is 71.0 Å². The molecule has 0 aromatic carbocycles. The van der Waals surface area contributed by atoms with Crippen LogP contribution in [-0.2, 0) is 19.2 Å². The van der Waals surface area contributed by atoms with E-state index in [9.17, 15) is 19.2 Å². The van der Waals surface area contributed by atoms with Gasteiger partial charge in [0.05, 0.1) is 23.7 Å². The van der Waals surface area contributed by atoms with Crippen LogP contribution < -0.4 is 0 Å². The van der Waals surface area contributed by atoms with E-state index in [0.717, 1.165) is 25.7 Å². The maximum Gasteiger partial charge on any atom is 0.233 e. The largest absolute Gasteiger partial charge is 0.285 e. The zero-order chi connectivity index (χ0) is 18.1. The van der Waals surface area contributed by atoms with Crippen LogP contribution >= 0.6 is 0 Å². The van der Waals surface area contributed by atoms with Gasteiger partial charge in [-0.25, -0.2) is 0 Å². The van der Waals surface area contributed by atoms with Gasteiger partial charge in [-0.1, -0.05) is 0 Å². The number of rotatable bonds is 0. The van der Waals surface area contributed by atoms with Gasteiger partial charge in [0.1, 0.15) is 0 Å². The Labute approximate surface area is 152 Å². The quantitative estimate of drug-likeness (QED) is 0.601. The molecule has 2 heterocycles. The van der Waals surface area contributed by atoms with Crippen LogP contribution in [-0.4, -0.2) is 47.5 Å². The summed E-state index contributed by atoms with van der Waals surface area (Å²) < 4.78 is 0. The first kappa shape index (κ1) is 15.3. The molecule has 8 unspecified atom stereocenters. The van der Waals surface area contributed by atoms with Crippen molar-refractivity contribution in [1.29, 1.82) is 0 Å². The number of fused-ring (bicyclic) bond motifs is 6. The van der Waals surface area contributed by atoms with Gasteiger partial charge in [0.15, 0.2) is 0 Å². The van der Waals surface area contributed by atoms with E-state index in [4.69, 9.17) is 0 Å². The highest BCUT2D eigenvalue weighted by molar-refractivity contribution is 6.06. The van der Waals surface area contributed by atoms with E-state index in [2.05, 4.69) is 0 Å². The normalized spacial score (nSPS) is 54.1. The highest BCUT2D eigenvalue weighted by Crippen LogP contribution is 2.70. The van der Waals surface area contributed by atoms with Crippen LogP contribution in [0.5, 0.6) is 0 Å². The van der Waals surface area contributed by atoms with Crippen LogP contribution in [0, 0.1) is 59.2 Å². The average molecular weight is 356 g/mol. The third-order valence-electron chi connectivity index (χ3n) is 9.17. The van der Waals surface area contributed by atoms with Crippen molar-refractivity contribution in [3.8, 4) is 0 Å². The molecule has 8 atom stereocenters. The highest BCUT2D eigenvalue weighted by atomic mass is 16.2. The van der Waals surface area contributed by atoms with Gasteiger partial charge in [0.2, 0.25) is 23.6 Å². The summed E-state index contributed by atoms with van der Waals surface area (Å²) in [7, 11) is 3.25. The molecule has 0 N–H and O–H groups in total. The van der Waals surface area contributed by atoms with E-state index in [1.54, 1.807) is 14.1 Å². The van der Waals surface area contributed by atoms with Crippen LogP contribution in [0.3, 0.4) is 0 Å². The van der Waals surface area contributed by atoms with Crippen molar-refractivity contribution < 1.29 is 19.2 Å². The van der Waals surface area contributed by atoms with Crippen LogP contribution in [0.1, 0.15) is 25.7 Å². The first-order valence-electron chi connectivity index (χ1n) is 10.1. The lowest BCUT2D eigenvalue weighted by Crippen LogP contribution is -2.46. The van der Waals surface area contributed by atoms with Crippen LogP contribution in [0.4, 0.5) is 0 Å². The lowest BCUT2D eigenvalue weighted by molar-refractivity contribution is -0.145. The second kappa shape index (κ2) is 4.57. The summed E-state index contributed by atoms with van der Waals surface area (Å²) in [6, 6.07) is 0. The molecule has 0 bridgehead atoms. The minimum Gasteiger partial charge on any atom is -0.285 e. The van der Waals surface area contributed by atoms with Gasteiger partial charge in [-0.2, -0.15) is 0 Å². The first-order valence-corrected chi connectivity index (χ1v) is 10.1. The summed E-state index contributed by atoms with van der Waals surface area (Å²) in [6.45, 7) is 0. The molecule has 6 nitrogen and oxygen atoms in total. The zero-order valence-electron chi connectivity index (χ0n) is 15.1. The van der Waals surface area contributed by atoms with Crippen LogP contribution in [0.2, 0.25) is 0 Å². The summed E-state index contributed by atoms with van der Waals surface area (Å²) in [5.41, 5.74) is 0. The molecule has 0 spiro atoms. The van der Waals surface area contributed by atoms with Gasteiger partial charge >= 0.3 is 0 Å². The van der Waals surface area contributed by atoms with Crippen molar-refractivity contribution in [1.82, 2.24) is 9.80 Å². The molecule has 2 saturated heterocycles. The van der Waals surface area contributed by atoms with Gasteiger partial charge in [0.25, 0.3) is 0 Å². The molecule has 6 aliphatic rings. The number of nitrogens with zero attached hydrogens (tertiary/aromatic N) is 2. The van der Waals surface area contributed by atoms with Crippen LogP contribution in [0.15, 0.2) is 0 Å². The minimum absolute atomic E-state index is 0.0134. The Balaban J connectivity index is 1.44. The lowest BCUT2D eigenvalue weighted by Gasteiger charge is -2.47. The Hall–Kier alpha value is -1.72. The molecule has 26 heavy (non-hydrogen) atoms. The molecule has 4 aliphatic carbocycles. The summed E-state index contributed by atoms with van der Waals surface area (Å²) >= 11 is 0.